The van der Waals surface area contributed by atoms with Gasteiger partial charge in [0.1, 0.15) is 0 Å². The van der Waals surface area contributed by atoms with Crippen molar-refractivity contribution in [2.24, 2.45) is 11.1 Å². The molecule has 1 aliphatic rings. The number of nitrogens with zero attached hydrogens (tertiary/aromatic N) is 2. The second-order valence-corrected chi connectivity index (χ2v) is 4.31. The molecule has 3 N–H and O–H groups in total. The smallest absolute Gasteiger partial charge is 0.315 e. The van der Waals surface area contributed by atoms with Crippen LogP contribution in [0.4, 0.5) is 6.01 Å². The van der Waals surface area contributed by atoms with E-state index >= 15 is 0 Å². The Morgan fingerprint density at radius 3 is 2.80 bits per heavy atom. The summed E-state index contributed by atoms with van der Waals surface area (Å²) in [5.74, 6) is 0.484. The molecule has 2 rings (SSSR count). The maximum Gasteiger partial charge on any atom is 0.315 e. The van der Waals surface area contributed by atoms with E-state index < -0.39 is 0 Å². The first-order chi connectivity index (χ1) is 7.28. The molecule has 1 heterocycles. The molecule has 0 saturated heterocycles. The van der Waals surface area contributed by atoms with Crippen LogP contribution in [0.25, 0.3) is 0 Å². The van der Waals surface area contributed by atoms with Gasteiger partial charge in [-0.2, -0.15) is 0 Å². The molecule has 0 bridgehead atoms. The largest absolute Gasteiger partial charge is 0.407 e. The van der Waals surface area contributed by atoms with E-state index in [0.29, 0.717) is 23.9 Å². The highest BCUT2D eigenvalue weighted by molar-refractivity contribution is 5.19. The predicted molar refractivity (Wildman–Crippen MR) is 57.3 cm³/mol. The molecule has 0 unspecified atom stereocenters. The standard InChI is InChI=1S/C10H18N4O/c1-2-3-10(4-5-10)7-12-9-14-13-8(6-11)15-9/h2-7,11H2,1H3,(H,12,14). The number of nitrogens with two attached hydrogens (primary N) is 1. The van der Waals surface area contributed by atoms with Gasteiger partial charge >= 0.3 is 6.01 Å². The molecular formula is C10H18N4O. The second-order valence-electron chi connectivity index (χ2n) is 4.31. The molecule has 1 aromatic heterocycles. The second kappa shape index (κ2) is 4.18. The number of nitrogens with one attached hydrogen (secondary N) is 1. The molecule has 0 spiro atoms. The fourth-order valence-corrected chi connectivity index (χ4v) is 1.89. The number of rotatable bonds is 6. The normalized spacial score (nSPS) is 17.7. The van der Waals surface area contributed by atoms with Gasteiger partial charge in [-0.1, -0.05) is 18.4 Å². The van der Waals surface area contributed by atoms with Crippen molar-refractivity contribution in [3.63, 3.8) is 0 Å². The first-order valence-electron chi connectivity index (χ1n) is 5.54. The van der Waals surface area contributed by atoms with Crippen LogP contribution in [0.5, 0.6) is 0 Å². The van der Waals surface area contributed by atoms with Gasteiger partial charge in [-0.25, -0.2) is 0 Å². The van der Waals surface area contributed by atoms with Crippen LogP contribution >= 0.6 is 0 Å². The molecule has 0 amide bonds. The topological polar surface area (TPSA) is 77.0 Å². The third-order valence-corrected chi connectivity index (χ3v) is 2.99. The Morgan fingerprint density at radius 1 is 1.47 bits per heavy atom. The number of hydrogen-bond donors (Lipinski definition) is 2. The van der Waals surface area contributed by atoms with Crippen molar-refractivity contribution in [1.82, 2.24) is 10.2 Å². The van der Waals surface area contributed by atoms with Gasteiger partial charge in [-0.15, -0.1) is 5.10 Å². The minimum absolute atomic E-state index is 0.300. The fraction of sp³-hybridized carbons (Fsp3) is 0.800. The molecule has 15 heavy (non-hydrogen) atoms. The molecule has 1 saturated carbocycles. The van der Waals surface area contributed by atoms with Crippen LogP contribution < -0.4 is 11.1 Å². The molecule has 1 fully saturated rings. The van der Waals surface area contributed by atoms with Crippen molar-refractivity contribution >= 4 is 6.01 Å². The van der Waals surface area contributed by atoms with Gasteiger partial charge in [0.15, 0.2) is 0 Å². The average Bonchev–Trinajstić information content (AvgIpc) is 2.86. The minimum atomic E-state index is 0.300. The molecule has 0 atom stereocenters. The summed E-state index contributed by atoms with van der Waals surface area (Å²) in [6.07, 6.45) is 5.13. The van der Waals surface area contributed by atoms with Gasteiger partial charge in [0.25, 0.3) is 0 Å². The monoisotopic (exact) mass is 210 g/mol. The molecule has 0 aliphatic heterocycles. The van der Waals surface area contributed by atoms with Crippen LogP contribution in [0.2, 0.25) is 0 Å². The summed E-state index contributed by atoms with van der Waals surface area (Å²) >= 11 is 0. The first-order valence-corrected chi connectivity index (χ1v) is 5.54. The van der Waals surface area contributed by atoms with E-state index in [9.17, 15) is 0 Å². The van der Waals surface area contributed by atoms with Crippen molar-refractivity contribution in [3.05, 3.63) is 5.89 Å². The molecule has 0 aromatic carbocycles. The number of anilines is 1. The van der Waals surface area contributed by atoms with Crippen molar-refractivity contribution in [2.45, 2.75) is 39.2 Å². The van der Waals surface area contributed by atoms with E-state index in [1.54, 1.807) is 0 Å². The molecule has 0 radical (unpaired) electrons. The van der Waals surface area contributed by atoms with Crippen LogP contribution in [-0.4, -0.2) is 16.7 Å². The summed E-state index contributed by atoms with van der Waals surface area (Å²) in [6, 6.07) is 0.498. The van der Waals surface area contributed by atoms with Crippen LogP contribution in [0.15, 0.2) is 4.42 Å². The lowest BCUT2D eigenvalue weighted by molar-refractivity contribution is 0.464. The Morgan fingerprint density at radius 2 is 2.27 bits per heavy atom. The Balaban J connectivity index is 1.82. The fourth-order valence-electron chi connectivity index (χ4n) is 1.89. The Hall–Kier alpha value is -1.10. The zero-order chi connectivity index (χ0) is 10.7. The van der Waals surface area contributed by atoms with E-state index in [1.165, 1.54) is 25.7 Å². The van der Waals surface area contributed by atoms with Crippen molar-refractivity contribution < 1.29 is 4.42 Å². The van der Waals surface area contributed by atoms with Gasteiger partial charge in [0, 0.05) is 6.54 Å². The first kappa shape index (κ1) is 10.4. The average molecular weight is 210 g/mol. The molecule has 5 heteroatoms. The Labute approximate surface area is 89.4 Å². The Kier molecular flexibility index (Phi) is 2.90. The SMILES string of the molecule is CCCC1(CNc2nnc(CN)o2)CC1. The van der Waals surface area contributed by atoms with E-state index in [4.69, 9.17) is 10.2 Å². The van der Waals surface area contributed by atoms with Gasteiger partial charge in [0.2, 0.25) is 5.89 Å². The third-order valence-electron chi connectivity index (χ3n) is 2.99. The highest BCUT2D eigenvalue weighted by Gasteiger charge is 2.41. The maximum absolute atomic E-state index is 5.38. The predicted octanol–water partition coefficient (Wildman–Crippen LogP) is 1.52. The zero-order valence-electron chi connectivity index (χ0n) is 9.12. The van der Waals surface area contributed by atoms with Crippen LogP contribution in [-0.2, 0) is 6.54 Å². The molecule has 1 aliphatic carbocycles. The van der Waals surface area contributed by atoms with E-state index in [1.807, 2.05) is 0 Å². The summed E-state index contributed by atoms with van der Waals surface area (Å²) in [5, 5.41) is 10.9. The summed E-state index contributed by atoms with van der Waals surface area (Å²) in [4.78, 5) is 0. The summed E-state index contributed by atoms with van der Waals surface area (Å²) < 4.78 is 5.28. The van der Waals surface area contributed by atoms with Crippen LogP contribution in [0.1, 0.15) is 38.5 Å². The van der Waals surface area contributed by atoms with Gasteiger partial charge in [-0.3, -0.25) is 0 Å². The number of aromatic nitrogens is 2. The molecule has 5 nitrogen and oxygen atoms in total. The lowest BCUT2D eigenvalue weighted by atomic mass is 10.0. The van der Waals surface area contributed by atoms with Crippen LogP contribution in [0.3, 0.4) is 0 Å². The number of hydrogen-bond acceptors (Lipinski definition) is 5. The highest BCUT2D eigenvalue weighted by Crippen LogP contribution is 2.49. The third kappa shape index (κ3) is 2.47. The highest BCUT2D eigenvalue weighted by atomic mass is 16.4. The van der Waals surface area contributed by atoms with Gasteiger partial charge in [0.05, 0.1) is 6.54 Å². The minimum Gasteiger partial charge on any atom is -0.407 e. The zero-order valence-corrected chi connectivity index (χ0v) is 9.12. The summed E-state index contributed by atoms with van der Waals surface area (Å²) in [7, 11) is 0. The molecule has 1 aromatic rings. The van der Waals surface area contributed by atoms with E-state index in [0.717, 1.165) is 6.54 Å². The Bertz CT molecular complexity index is 319. The van der Waals surface area contributed by atoms with Crippen LogP contribution in [0, 0.1) is 5.41 Å². The van der Waals surface area contributed by atoms with Crippen molar-refractivity contribution in [1.29, 1.82) is 0 Å². The van der Waals surface area contributed by atoms with Crippen molar-refractivity contribution in [3.8, 4) is 0 Å². The quantitative estimate of drug-likeness (QED) is 0.744. The lowest BCUT2D eigenvalue weighted by Gasteiger charge is -2.12. The summed E-state index contributed by atoms with van der Waals surface area (Å²) in [6.45, 7) is 3.46. The summed E-state index contributed by atoms with van der Waals surface area (Å²) in [5.41, 5.74) is 5.87. The molecule has 84 valence electrons. The van der Waals surface area contributed by atoms with Crippen molar-refractivity contribution in [2.75, 3.05) is 11.9 Å². The molecular weight excluding hydrogens is 192 g/mol. The van der Waals surface area contributed by atoms with Gasteiger partial charge in [-0.05, 0) is 24.7 Å². The van der Waals surface area contributed by atoms with E-state index in [2.05, 4.69) is 22.4 Å². The van der Waals surface area contributed by atoms with Gasteiger partial charge < -0.3 is 15.5 Å². The maximum atomic E-state index is 5.38. The van der Waals surface area contributed by atoms with E-state index in [-0.39, 0.29) is 0 Å². The lowest BCUT2D eigenvalue weighted by Crippen LogP contribution is -2.15.